The average Bonchev–Trinajstić information content (AvgIpc) is 3.84. The summed E-state index contributed by atoms with van der Waals surface area (Å²) in [6.07, 6.45) is 0. The molecule has 3 heterocycles. The molecule has 0 amide bonds. The summed E-state index contributed by atoms with van der Waals surface area (Å²) >= 11 is 1.74. The molecule has 51 heavy (non-hydrogen) atoms. The summed E-state index contributed by atoms with van der Waals surface area (Å²) in [6.45, 7) is 8.29. The van der Waals surface area contributed by atoms with Gasteiger partial charge in [-0.25, -0.2) is 4.85 Å². The van der Waals surface area contributed by atoms with Crippen LogP contribution in [0.1, 0.15) is 11.1 Å². The highest BCUT2D eigenvalue weighted by Crippen LogP contribution is 2.46. The minimum Gasteiger partial charge on any atom is -0.318 e. The van der Waals surface area contributed by atoms with Gasteiger partial charge in [0.1, 0.15) is 12.1 Å². The summed E-state index contributed by atoms with van der Waals surface area (Å²) in [5.41, 5.74) is 7.69. The van der Waals surface area contributed by atoms with Crippen LogP contribution in [0.4, 0.5) is 5.69 Å². The van der Waals surface area contributed by atoms with Gasteiger partial charge in [0.25, 0.3) is 0 Å². The summed E-state index contributed by atoms with van der Waals surface area (Å²) in [6, 6.07) is 51.7. The summed E-state index contributed by atoms with van der Waals surface area (Å²) in [5.74, 6) is 0. The van der Waals surface area contributed by atoms with Crippen molar-refractivity contribution in [3.8, 4) is 34.6 Å². The topological polar surface area (TPSA) is 61.8 Å². The van der Waals surface area contributed by atoms with Gasteiger partial charge in [0.2, 0.25) is 5.69 Å². The lowest BCUT2D eigenvalue weighted by atomic mass is 9.93. The molecule has 6 heteroatoms. The van der Waals surface area contributed by atoms with E-state index in [1.165, 1.54) is 4.70 Å². The second-order valence-corrected chi connectivity index (χ2v) is 13.6. The van der Waals surface area contributed by atoms with E-state index in [-0.39, 0.29) is 0 Å². The van der Waals surface area contributed by atoms with E-state index in [0.717, 1.165) is 64.6 Å². The van der Waals surface area contributed by atoms with Crippen LogP contribution in [0.2, 0.25) is 0 Å². The van der Waals surface area contributed by atoms with Crippen molar-refractivity contribution in [1.82, 2.24) is 9.13 Å². The number of hydrogen-bond donors (Lipinski definition) is 0. The summed E-state index contributed by atoms with van der Waals surface area (Å²) in [7, 11) is 0. The molecule has 0 atom stereocenters. The molecule has 0 spiro atoms. The molecule has 10 aromatic rings. The number of benzene rings is 7. The van der Waals surface area contributed by atoms with Crippen LogP contribution in [-0.4, -0.2) is 9.13 Å². The molecule has 0 aliphatic rings. The molecule has 0 aliphatic heterocycles. The van der Waals surface area contributed by atoms with Crippen LogP contribution in [0.3, 0.4) is 0 Å². The second kappa shape index (κ2) is 10.9. The van der Waals surface area contributed by atoms with Crippen molar-refractivity contribution in [2.45, 2.75) is 0 Å². The molecule has 3 aromatic heterocycles. The number of fused-ring (bicyclic) bond motifs is 10. The van der Waals surface area contributed by atoms with Gasteiger partial charge in [-0.05, 0) is 42.0 Å². The Labute approximate surface area is 296 Å². The number of rotatable bonds is 3. The van der Waals surface area contributed by atoms with Crippen LogP contribution >= 0.6 is 11.3 Å². The molecule has 0 aliphatic carbocycles. The van der Waals surface area contributed by atoms with Crippen molar-refractivity contribution in [3.05, 3.63) is 162 Å². The predicted molar refractivity (Wildman–Crippen MR) is 209 cm³/mol. The standard InChI is InChI=1S/C45H23N5S/c1-48-36-16-10-15-32(44(36)49-37-17-6-2-11-29(37)30-12-3-7-18-38(30)49)28-22-21-27(25-46)43(35(28)26-47)50-39-19-8-4-13-31(39)33-23-24-41-42(45(33)50)34-14-5-9-20-40(34)51-41/h2-24H. The molecule has 5 nitrogen and oxygen atoms in total. The van der Waals surface area contributed by atoms with Gasteiger partial charge in [-0.1, -0.05) is 103 Å². The molecule has 0 unspecified atom stereocenters. The van der Waals surface area contributed by atoms with Gasteiger partial charge in [-0.15, -0.1) is 11.3 Å². The van der Waals surface area contributed by atoms with E-state index >= 15 is 0 Å². The third-order valence-electron chi connectivity index (χ3n) is 10.0. The fourth-order valence-corrected chi connectivity index (χ4v) is 9.09. The number of thiophene rings is 1. The second-order valence-electron chi connectivity index (χ2n) is 12.5. The first-order chi connectivity index (χ1) is 25.2. The number of aromatic nitrogens is 2. The lowest BCUT2D eigenvalue weighted by Crippen LogP contribution is -2.05. The maximum atomic E-state index is 11.2. The maximum Gasteiger partial charge on any atom is 0.211 e. The third-order valence-corrected chi connectivity index (χ3v) is 11.2. The van der Waals surface area contributed by atoms with Gasteiger partial charge in [-0.3, -0.25) is 0 Å². The predicted octanol–water partition coefficient (Wildman–Crippen LogP) is 12.2. The Bertz CT molecular complexity index is 3190. The Morgan fingerprint density at radius 2 is 1.14 bits per heavy atom. The van der Waals surface area contributed by atoms with E-state index in [1.54, 1.807) is 11.3 Å². The first kappa shape index (κ1) is 28.8. The summed E-state index contributed by atoms with van der Waals surface area (Å²) in [5, 5.41) is 28.4. The fourth-order valence-electron chi connectivity index (χ4n) is 7.99. The molecule has 0 saturated carbocycles. The SMILES string of the molecule is [C-]#[N+]c1cccc(-c2ccc(C#N)c(-n3c4ccccc4c4ccc5sc6ccccc6c5c43)c2C#N)c1-n1c2ccccc2c2ccccc21. The Morgan fingerprint density at radius 3 is 1.80 bits per heavy atom. The molecule has 7 aromatic carbocycles. The summed E-state index contributed by atoms with van der Waals surface area (Å²) < 4.78 is 6.59. The minimum absolute atomic E-state index is 0.373. The van der Waals surface area contributed by atoms with E-state index in [9.17, 15) is 10.5 Å². The summed E-state index contributed by atoms with van der Waals surface area (Å²) in [4.78, 5) is 4.02. The van der Waals surface area contributed by atoms with Gasteiger partial charge in [-0.2, -0.15) is 10.5 Å². The molecule has 0 bridgehead atoms. The van der Waals surface area contributed by atoms with Crippen molar-refractivity contribution in [2.75, 3.05) is 0 Å². The zero-order valence-electron chi connectivity index (χ0n) is 26.9. The van der Waals surface area contributed by atoms with E-state index in [4.69, 9.17) is 6.57 Å². The Balaban J connectivity index is 1.37. The van der Waals surface area contributed by atoms with Crippen molar-refractivity contribution >= 4 is 80.8 Å². The minimum atomic E-state index is 0.373. The van der Waals surface area contributed by atoms with Crippen molar-refractivity contribution < 1.29 is 0 Å². The number of hydrogen-bond acceptors (Lipinski definition) is 3. The zero-order chi connectivity index (χ0) is 34.2. The molecule has 0 N–H and O–H groups in total. The lowest BCUT2D eigenvalue weighted by Gasteiger charge is -2.19. The highest BCUT2D eigenvalue weighted by atomic mass is 32.1. The van der Waals surface area contributed by atoms with Crippen molar-refractivity contribution in [3.63, 3.8) is 0 Å². The van der Waals surface area contributed by atoms with Gasteiger partial charge < -0.3 is 9.13 Å². The molecule has 0 radical (unpaired) electrons. The van der Waals surface area contributed by atoms with Crippen LogP contribution < -0.4 is 0 Å². The number of para-hydroxylation sites is 4. The van der Waals surface area contributed by atoms with Crippen molar-refractivity contribution in [2.24, 2.45) is 0 Å². The highest BCUT2D eigenvalue weighted by molar-refractivity contribution is 7.26. The van der Waals surface area contributed by atoms with Crippen LogP contribution in [-0.2, 0) is 0 Å². The largest absolute Gasteiger partial charge is 0.318 e. The number of nitriles is 2. The van der Waals surface area contributed by atoms with Gasteiger partial charge in [0, 0.05) is 47.3 Å². The first-order valence-electron chi connectivity index (χ1n) is 16.5. The monoisotopic (exact) mass is 665 g/mol. The molecule has 234 valence electrons. The first-order valence-corrected chi connectivity index (χ1v) is 17.3. The van der Waals surface area contributed by atoms with Gasteiger partial charge in [0.05, 0.1) is 51.1 Å². The molecular weight excluding hydrogens is 643 g/mol. The zero-order valence-corrected chi connectivity index (χ0v) is 27.7. The Kier molecular flexibility index (Phi) is 6.17. The quantitative estimate of drug-likeness (QED) is 0.176. The maximum absolute atomic E-state index is 11.2. The molecule has 10 rings (SSSR count). The smallest absolute Gasteiger partial charge is 0.211 e. The van der Waals surface area contributed by atoms with Gasteiger partial charge in [0.15, 0.2) is 0 Å². The van der Waals surface area contributed by atoms with E-state index in [2.05, 4.69) is 98.9 Å². The van der Waals surface area contributed by atoms with Crippen LogP contribution in [0.5, 0.6) is 0 Å². The van der Waals surface area contributed by atoms with Crippen LogP contribution in [0.15, 0.2) is 140 Å². The van der Waals surface area contributed by atoms with E-state index in [1.807, 2.05) is 66.7 Å². The molecule has 0 saturated heterocycles. The normalized spacial score (nSPS) is 11.5. The fraction of sp³-hybridized carbons (Fsp3) is 0. The lowest BCUT2D eigenvalue weighted by molar-refractivity contribution is 1.16. The third kappa shape index (κ3) is 3.93. The number of nitrogens with zero attached hydrogens (tertiary/aromatic N) is 5. The Hall–Kier alpha value is -7.17. The average molecular weight is 666 g/mol. The van der Waals surface area contributed by atoms with Crippen LogP contribution in [0.25, 0.3) is 91.1 Å². The van der Waals surface area contributed by atoms with Gasteiger partial charge >= 0.3 is 0 Å². The Morgan fingerprint density at radius 1 is 0.510 bits per heavy atom. The van der Waals surface area contributed by atoms with E-state index in [0.29, 0.717) is 33.8 Å². The van der Waals surface area contributed by atoms with Crippen LogP contribution in [0, 0.1) is 29.2 Å². The molecular formula is C45H23N5S. The van der Waals surface area contributed by atoms with E-state index < -0.39 is 0 Å². The van der Waals surface area contributed by atoms with Crippen molar-refractivity contribution in [1.29, 1.82) is 10.5 Å². The highest BCUT2D eigenvalue weighted by Gasteiger charge is 2.26. The molecule has 0 fully saturated rings.